The van der Waals surface area contributed by atoms with Gasteiger partial charge in [0.1, 0.15) is 6.17 Å². The Balaban J connectivity index is 2.42. The van der Waals surface area contributed by atoms with Gasteiger partial charge in [-0.05, 0) is 19.9 Å². The highest BCUT2D eigenvalue weighted by molar-refractivity contribution is 5.06. The minimum absolute atomic E-state index is 0.0508. The fourth-order valence-corrected chi connectivity index (χ4v) is 1.78. The van der Waals surface area contributed by atoms with E-state index in [4.69, 9.17) is 0 Å². The summed E-state index contributed by atoms with van der Waals surface area (Å²) in [7, 11) is 1.93. The van der Waals surface area contributed by atoms with Crippen molar-refractivity contribution in [1.29, 1.82) is 0 Å². The third-order valence-corrected chi connectivity index (χ3v) is 2.90. The molecule has 2 heteroatoms. The monoisotopic (exact) mass is 159 g/mol. The molecule has 3 atom stereocenters. The summed E-state index contributed by atoms with van der Waals surface area (Å²) in [5.74, 6) is 0. The summed E-state index contributed by atoms with van der Waals surface area (Å²) in [6, 6.07) is 0.377. The van der Waals surface area contributed by atoms with Gasteiger partial charge in [0.15, 0.2) is 0 Å². The Kier molecular flexibility index (Phi) is 2.53. The molecule has 0 radical (unpaired) electrons. The molecule has 0 amide bonds. The van der Waals surface area contributed by atoms with Gasteiger partial charge in [-0.3, -0.25) is 0 Å². The first-order valence-electron chi connectivity index (χ1n) is 4.46. The average Bonchev–Trinajstić information content (AvgIpc) is 2.56. The van der Waals surface area contributed by atoms with Crippen LogP contribution in [0.25, 0.3) is 0 Å². The molecule has 1 N–H and O–H groups in total. The second-order valence-corrected chi connectivity index (χ2v) is 3.81. The van der Waals surface area contributed by atoms with E-state index in [0.717, 1.165) is 19.3 Å². The molecule has 66 valence electrons. The zero-order chi connectivity index (χ0) is 8.48. The number of rotatable bonds is 4. The van der Waals surface area contributed by atoms with Gasteiger partial charge in [0.05, 0.1) is 0 Å². The van der Waals surface area contributed by atoms with Crippen molar-refractivity contribution >= 4 is 0 Å². The van der Waals surface area contributed by atoms with Gasteiger partial charge in [0.2, 0.25) is 0 Å². The van der Waals surface area contributed by atoms with Crippen LogP contribution in [0, 0.1) is 5.41 Å². The van der Waals surface area contributed by atoms with E-state index in [2.05, 4.69) is 12.2 Å². The topological polar surface area (TPSA) is 12.0 Å². The van der Waals surface area contributed by atoms with E-state index >= 15 is 0 Å². The molecule has 0 aromatic heterocycles. The average molecular weight is 159 g/mol. The Hall–Kier alpha value is -0.110. The lowest BCUT2D eigenvalue weighted by molar-refractivity contribution is 0.287. The molecule has 1 rings (SSSR count). The van der Waals surface area contributed by atoms with Gasteiger partial charge >= 0.3 is 0 Å². The fraction of sp³-hybridized carbons (Fsp3) is 1.00. The lowest BCUT2D eigenvalue weighted by Gasteiger charge is -2.22. The van der Waals surface area contributed by atoms with Gasteiger partial charge < -0.3 is 5.32 Å². The molecular formula is C9H18FN. The minimum Gasteiger partial charge on any atom is -0.316 e. The maximum Gasteiger partial charge on any atom is 0.108 e. The molecule has 3 unspecified atom stereocenters. The summed E-state index contributed by atoms with van der Waals surface area (Å²) < 4.78 is 12.9. The smallest absolute Gasteiger partial charge is 0.108 e. The number of nitrogens with one attached hydrogen (secondary N) is 1. The van der Waals surface area contributed by atoms with Gasteiger partial charge in [-0.2, -0.15) is 0 Å². The maximum absolute atomic E-state index is 12.9. The molecule has 1 aliphatic carbocycles. The van der Waals surface area contributed by atoms with Crippen LogP contribution < -0.4 is 5.32 Å². The van der Waals surface area contributed by atoms with Crippen molar-refractivity contribution < 1.29 is 4.39 Å². The third-order valence-electron chi connectivity index (χ3n) is 2.90. The molecule has 0 heterocycles. The van der Waals surface area contributed by atoms with Crippen LogP contribution in [0.3, 0.4) is 0 Å². The van der Waals surface area contributed by atoms with Gasteiger partial charge in [-0.1, -0.05) is 20.3 Å². The molecule has 0 spiro atoms. The van der Waals surface area contributed by atoms with E-state index in [-0.39, 0.29) is 5.41 Å². The first-order chi connectivity index (χ1) is 5.15. The van der Waals surface area contributed by atoms with E-state index < -0.39 is 6.17 Å². The molecule has 1 aliphatic rings. The summed E-state index contributed by atoms with van der Waals surface area (Å²) in [6.07, 6.45) is 2.41. The van der Waals surface area contributed by atoms with Crippen LogP contribution in [0.1, 0.15) is 33.1 Å². The molecule has 0 aromatic rings. The minimum atomic E-state index is -0.563. The van der Waals surface area contributed by atoms with E-state index in [1.807, 2.05) is 14.0 Å². The fourth-order valence-electron chi connectivity index (χ4n) is 1.78. The van der Waals surface area contributed by atoms with Crippen molar-refractivity contribution in [3.05, 3.63) is 0 Å². The van der Waals surface area contributed by atoms with E-state index in [1.54, 1.807) is 0 Å². The summed E-state index contributed by atoms with van der Waals surface area (Å²) in [4.78, 5) is 0. The molecule has 0 saturated heterocycles. The third kappa shape index (κ3) is 1.56. The largest absolute Gasteiger partial charge is 0.316 e. The van der Waals surface area contributed by atoms with Crippen LogP contribution in [0.2, 0.25) is 0 Å². The highest BCUT2D eigenvalue weighted by Gasteiger charge is 2.55. The quantitative estimate of drug-likeness (QED) is 0.662. The number of halogens is 1. The van der Waals surface area contributed by atoms with Crippen molar-refractivity contribution in [3.8, 4) is 0 Å². The molecule has 1 saturated carbocycles. The first kappa shape index (κ1) is 8.98. The number of alkyl halides is 1. The van der Waals surface area contributed by atoms with Crippen LogP contribution in [-0.4, -0.2) is 19.3 Å². The van der Waals surface area contributed by atoms with Crippen LogP contribution in [0.15, 0.2) is 0 Å². The number of hydrogen-bond acceptors (Lipinski definition) is 1. The van der Waals surface area contributed by atoms with Crippen molar-refractivity contribution in [2.24, 2.45) is 5.41 Å². The molecule has 1 fully saturated rings. The lowest BCUT2D eigenvalue weighted by atomic mass is 9.95. The van der Waals surface area contributed by atoms with Gasteiger partial charge in [-0.15, -0.1) is 0 Å². The van der Waals surface area contributed by atoms with Crippen molar-refractivity contribution in [2.45, 2.75) is 45.3 Å². The predicted molar refractivity (Wildman–Crippen MR) is 45.4 cm³/mol. The number of hydrogen-bond donors (Lipinski definition) is 1. The Morgan fingerprint density at radius 2 is 2.27 bits per heavy atom. The second kappa shape index (κ2) is 3.10. The SMILES string of the molecule is CCCC(NC)C1(C)CC1F. The van der Waals surface area contributed by atoms with E-state index in [1.165, 1.54) is 0 Å². The first-order valence-corrected chi connectivity index (χ1v) is 4.46. The Bertz CT molecular complexity index is 138. The molecular weight excluding hydrogens is 141 g/mol. The molecule has 0 aromatic carbocycles. The van der Waals surface area contributed by atoms with Crippen LogP contribution in [0.5, 0.6) is 0 Å². The van der Waals surface area contributed by atoms with E-state index in [9.17, 15) is 4.39 Å². The van der Waals surface area contributed by atoms with Crippen molar-refractivity contribution in [2.75, 3.05) is 7.05 Å². The molecule has 11 heavy (non-hydrogen) atoms. The highest BCUT2D eigenvalue weighted by Crippen LogP contribution is 2.51. The predicted octanol–water partition coefficient (Wildman–Crippen LogP) is 2.12. The zero-order valence-electron chi connectivity index (χ0n) is 7.65. The summed E-state index contributed by atoms with van der Waals surface area (Å²) in [5, 5.41) is 3.20. The molecule has 0 bridgehead atoms. The van der Waals surface area contributed by atoms with E-state index in [0.29, 0.717) is 6.04 Å². The Labute approximate surface area is 68.4 Å². The maximum atomic E-state index is 12.9. The van der Waals surface area contributed by atoms with Crippen molar-refractivity contribution in [1.82, 2.24) is 5.32 Å². The summed E-state index contributed by atoms with van der Waals surface area (Å²) in [6.45, 7) is 4.18. The molecule has 1 nitrogen and oxygen atoms in total. The Morgan fingerprint density at radius 3 is 2.55 bits per heavy atom. The van der Waals surface area contributed by atoms with Gasteiger partial charge in [0, 0.05) is 11.5 Å². The van der Waals surface area contributed by atoms with Crippen LogP contribution >= 0.6 is 0 Å². The summed E-state index contributed by atoms with van der Waals surface area (Å²) >= 11 is 0. The standard InChI is InChI=1S/C9H18FN/c1-4-5-8(11-3)9(2)6-7(9)10/h7-8,11H,4-6H2,1-3H3. The van der Waals surface area contributed by atoms with Crippen molar-refractivity contribution in [3.63, 3.8) is 0 Å². The zero-order valence-corrected chi connectivity index (χ0v) is 7.65. The summed E-state index contributed by atoms with van der Waals surface area (Å²) in [5.41, 5.74) is -0.0508. The van der Waals surface area contributed by atoms with Gasteiger partial charge in [0.25, 0.3) is 0 Å². The normalized spacial score (nSPS) is 38.7. The lowest BCUT2D eigenvalue weighted by Crippen LogP contribution is -2.34. The van der Waals surface area contributed by atoms with Crippen LogP contribution in [0.4, 0.5) is 4.39 Å². The highest BCUT2D eigenvalue weighted by atomic mass is 19.1. The Morgan fingerprint density at radius 1 is 1.73 bits per heavy atom. The molecule has 0 aliphatic heterocycles. The van der Waals surface area contributed by atoms with Gasteiger partial charge in [-0.25, -0.2) is 4.39 Å². The van der Waals surface area contributed by atoms with Crippen LogP contribution in [-0.2, 0) is 0 Å². The second-order valence-electron chi connectivity index (χ2n) is 3.81.